The molecule has 1 unspecified atom stereocenters. The van der Waals surface area contributed by atoms with Crippen molar-refractivity contribution in [2.45, 2.75) is 27.7 Å². The fourth-order valence-electron chi connectivity index (χ4n) is 1.58. The molecule has 1 aromatic rings. The number of nitrogens with one attached hydrogen (secondary N) is 1. The van der Waals surface area contributed by atoms with E-state index in [4.69, 9.17) is 22.7 Å². The summed E-state index contributed by atoms with van der Waals surface area (Å²) in [5, 5.41) is 3.43. The summed E-state index contributed by atoms with van der Waals surface area (Å²) in [5.41, 5.74) is 7.80. The SMILES string of the molecule is COc1ccc(C(N)=S)c(NCC(C)C(C)(C)C)c1. The summed E-state index contributed by atoms with van der Waals surface area (Å²) in [5.74, 6) is 1.32. The van der Waals surface area contributed by atoms with Crippen LogP contribution in [0.15, 0.2) is 18.2 Å². The fraction of sp³-hybridized carbons (Fsp3) is 0.533. The second-order valence-electron chi connectivity index (χ2n) is 5.92. The van der Waals surface area contributed by atoms with E-state index in [0.717, 1.165) is 23.5 Å². The van der Waals surface area contributed by atoms with E-state index >= 15 is 0 Å². The zero-order valence-electron chi connectivity index (χ0n) is 12.4. The van der Waals surface area contributed by atoms with Gasteiger partial charge >= 0.3 is 0 Å². The Morgan fingerprint density at radius 3 is 2.53 bits per heavy atom. The minimum atomic E-state index is 0.259. The number of ether oxygens (including phenoxy) is 1. The van der Waals surface area contributed by atoms with Gasteiger partial charge in [0.05, 0.1) is 7.11 Å². The summed E-state index contributed by atoms with van der Waals surface area (Å²) in [6, 6.07) is 5.70. The average Bonchev–Trinajstić information content (AvgIpc) is 2.33. The molecule has 0 aromatic heterocycles. The van der Waals surface area contributed by atoms with E-state index in [1.54, 1.807) is 7.11 Å². The summed E-state index contributed by atoms with van der Waals surface area (Å²) in [6.07, 6.45) is 0. The lowest BCUT2D eigenvalue weighted by molar-refractivity contribution is 0.274. The lowest BCUT2D eigenvalue weighted by Gasteiger charge is -2.28. The first-order chi connectivity index (χ1) is 8.75. The molecule has 0 radical (unpaired) electrons. The van der Waals surface area contributed by atoms with Gasteiger partial charge in [0, 0.05) is 23.9 Å². The number of rotatable bonds is 5. The van der Waals surface area contributed by atoms with Crippen LogP contribution in [0.25, 0.3) is 0 Å². The largest absolute Gasteiger partial charge is 0.497 e. The molecule has 1 rings (SSSR count). The van der Waals surface area contributed by atoms with Gasteiger partial charge in [-0.2, -0.15) is 0 Å². The van der Waals surface area contributed by atoms with Crippen molar-refractivity contribution in [1.82, 2.24) is 0 Å². The predicted octanol–water partition coefficient (Wildman–Crippen LogP) is 3.42. The van der Waals surface area contributed by atoms with Gasteiger partial charge in [0.2, 0.25) is 0 Å². The van der Waals surface area contributed by atoms with E-state index in [0.29, 0.717) is 10.9 Å². The monoisotopic (exact) mass is 280 g/mol. The first kappa shape index (κ1) is 15.8. The average molecular weight is 280 g/mol. The van der Waals surface area contributed by atoms with Gasteiger partial charge < -0.3 is 15.8 Å². The lowest BCUT2D eigenvalue weighted by atomic mass is 9.82. The Bertz CT molecular complexity index is 452. The van der Waals surface area contributed by atoms with Crippen molar-refractivity contribution in [1.29, 1.82) is 0 Å². The highest BCUT2D eigenvalue weighted by molar-refractivity contribution is 7.80. The Balaban J connectivity index is 2.89. The van der Waals surface area contributed by atoms with Crippen LogP contribution in [-0.4, -0.2) is 18.6 Å². The summed E-state index contributed by atoms with van der Waals surface area (Å²) in [4.78, 5) is 0.397. The number of hydrogen-bond donors (Lipinski definition) is 2. The van der Waals surface area contributed by atoms with Crippen molar-refractivity contribution in [3.63, 3.8) is 0 Å². The van der Waals surface area contributed by atoms with Gasteiger partial charge in [-0.1, -0.05) is 39.9 Å². The Morgan fingerprint density at radius 2 is 2.05 bits per heavy atom. The van der Waals surface area contributed by atoms with Crippen molar-refractivity contribution in [3.05, 3.63) is 23.8 Å². The number of nitrogens with two attached hydrogens (primary N) is 1. The molecule has 0 bridgehead atoms. The second kappa shape index (κ2) is 6.24. The zero-order chi connectivity index (χ0) is 14.6. The third-order valence-electron chi connectivity index (χ3n) is 3.57. The molecule has 0 aliphatic carbocycles. The minimum absolute atomic E-state index is 0.259. The Morgan fingerprint density at radius 1 is 1.42 bits per heavy atom. The Kier molecular flexibility index (Phi) is 5.18. The normalized spacial score (nSPS) is 12.9. The number of benzene rings is 1. The van der Waals surface area contributed by atoms with E-state index in [1.165, 1.54) is 0 Å². The number of thiocarbonyl (C=S) groups is 1. The molecular weight excluding hydrogens is 256 g/mol. The molecule has 1 atom stereocenters. The van der Waals surface area contributed by atoms with Crippen molar-refractivity contribution >= 4 is 22.9 Å². The molecular formula is C15H24N2OS. The molecule has 0 heterocycles. The van der Waals surface area contributed by atoms with Crippen molar-refractivity contribution < 1.29 is 4.74 Å². The second-order valence-corrected chi connectivity index (χ2v) is 6.36. The van der Waals surface area contributed by atoms with Crippen LogP contribution >= 0.6 is 12.2 Å². The Hall–Kier alpha value is -1.29. The van der Waals surface area contributed by atoms with Crippen molar-refractivity contribution in [2.24, 2.45) is 17.1 Å². The van der Waals surface area contributed by atoms with E-state index in [-0.39, 0.29) is 5.41 Å². The third kappa shape index (κ3) is 4.39. The molecule has 4 heteroatoms. The maximum atomic E-state index is 5.75. The summed E-state index contributed by atoms with van der Waals surface area (Å²) in [7, 11) is 1.65. The first-order valence-electron chi connectivity index (χ1n) is 6.47. The van der Waals surface area contributed by atoms with E-state index in [2.05, 4.69) is 33.0 Å². The van der Waals surface area contributed by atoms with Gasteiger partial charge in [-0.15, -0.1) is 0 Å². The van der Waals surface area contributed by atoms with Crippen molar-refractivity contribution in [3.8, 4) is 5.75 Å². The molecule has 0 saturated carbocycles. The maximum Gasteiger partial charge on any atom is 0.120 e. The molecule has 0 spiro atoms. The Labute approximate surface area is 121 Å². The fourth-order valence-corrected chi connectivity index (χ4v) is 1.76. The highest BCUT2D eigenvalue weighted by atomic mass is 32.1. The quantitative estimate of drug-likeness (QED) is 0.811. The molecule has 3 nitrogen and oxygen atoms in total. The molecule has 1 aromatic carbocycles. The molecule has 0 aliphatic heterocycles. The van der Waals surface area contributed by atoms with Crippen LogP contribution in [0.4, 0.5) is 5.69 Å². The van der Waals surface area contributed by atoms with Crippen LogP contribution in [0, 0.1) is 11.3 Å². The van der Waals surface area contributed by atoms with E-state index in [1.807, 2.05) is 18.2 Å². The third-order valence-corrected chi connectivity index (χ3v) is 3.79. The molecule has 19 heavy (non-hydrogen) atoms. The van der Waals surface area contributed by atoms with Crippen LogP contribution in [0.3, 0.4) is 0 Å². The van der Waals surface area contributed by atoms with Gasteiger partial charge in [0.25, 0.3) is 0 Å². The molecule has 0 amide bonds. The molecule has 0 saturated heterocycles. The molecule has 0 aliphatic rings. The standard InChI is InChI=1S/C15H24N2OS/c1-10(15(2,3)4)9-17-13-8-11(18-5)6-7-12(13)14(16)19/h6-8,10,17H,9H2,1-5H3,(H2,16,19). The number of methoxy groups -OCH3 is 1. The molecule has 106 valence electrons. The number of anilines is 1. The summed E-state index contributed by atoms with van der Waals surface area (Å²) < 4.78 is 5.24. The van der Waals surface area contributed by atoms with Gasteiger partial charge in [-0.3, -0.25) is 0 Å². The van der Waals surface area contributed by atoms with Crippen LogP contribution < -0.4 is 15.8 Å². The molecule has 0 fully saturated rings. The highest BCUT2D eigenvalue weighted by Gasteiger charge is 2.20. The lowest BCUT2D eigenvalue weighted by Crippen LogP contribution is -2.25. The highest BCUT2D eigenvalue weighted by Crippen LogP contribution is 2.27. The van der Waals surface area contributed by atoms with Crippen molar-refractivity contribution in [2.75, 3.05) is 19.0 Å². The number of hydrogen-bond acceptors (Lipinski definition) is 3. The van der Waals surface area contributed by atoms with Gasteiger partial charge in [0.15, 0.2) is 0 Å². The first-order valence-corrected chi connectivity index (χ1v) is 6.88. The van der Waals surface area contributed by atoms with Crippen LogP contribution in [0.5, 0.6) is 5.75 Å². The van der Waals surface area contributed by atoms with Gasteiger partial charge in [-0.25, -0.2) is 0 Å². The summed E-state index contributed by atoms with van der Waals surface area (Å²) in [6.45, 7) is 9.80. The van der Waals surface area contributed by atoms with Crippen LogP contribution in [0.1, 0.15) is 33.3 Å². The van der Waals surface area contributed by atoms with Gasteiger partial charge in [0.1, 0.15) is 10.7 Å². The van der Waals surface area contributed by atoms with Crippen LogP contribution in [0.2, 0.25) is 0 Å². The smallest absolute Gasteiger partial charge is 0.120 e. The zero-order valence-corrected chi connectivity index (χ0v) is 13.2. The predicted molar refractivity (Wildman–Crippen MR) is 86.0 cm³/mol. The molecule has 3 N–H and O–H groups in total. The minimum Gasteiger partial charge on any atom is -0.497 e. The maximum absolute atomic E-state index is 5.75. The topological polar surface area (TPSA) is 47.3 Å². The van der Waals surface area contributed by atoms with E-state index in [9.17, 15) is 0 Å². The van der Waals surface area contributed by atoms with Gasteiger partial charge in [-0.05, 0) is 23.5 Å². The summed E-state index contributed by atoms with van der Waals surface area (Å²) >= 11 is 5.08. The van der Waals surface area contributed by atoms with E-state index < -0.39 is 0 Å². The van der Waals surface area contributed by atoms with Crippen LogP contribution in [-0.2, 0) is 0 Å².